The molecule has 144 valence electrons. The molecule has 0 aliphatic rings. The van der Waals surface area contributed by atoms with Gasteiger partial charge in [0.05, 0.1) is 10.9 Å². The first-order valence-corrected chi connectivity index (χ1v) is 9.32. The molecule has 2 aromatic carbocycles. The van der Waals surface area contributed by atoms with Crippen molar-refractivity contribution < 1.29 is 24.2 Å². The molecule has 0 aliphatic heterocycles. The van der Waals surface area contributed by atoms with Gasteiger partial charge in [0.15, 0.2) is 5.43 Å². The van der Waals surface area contributed by atoms with Crippen LogP contribution in [0.2, 0.25) is 0 Å². The molecule has 1 atom stereocenters. The molecular formula is C21H18O6S. The minimum atomic E-state index is -1.18. The monoisotopic (exact) mass is 398 g/mol. The molecule has 0 bridgehead atoms. The second-order valence-electron chi connectivity index (χ2n) is 6.24. The van der Waals surface area contributed by atoms with Crippen LogP contribution in [0, 0.1) is 0 Å². The van der Waals surface area contributed by atoms with E-state index >= 15 is 0 Å². The Morgan fingerprint density at radius 1 is 1.07 bits per heavy atom. The Balaban J connectivity index is 1.80. The van der Waals surface area contributed by atoms with Gasteiger partial charge in [0.25, 0.3) is 0 Å². The molecule has 0 saturated carbocycles. The highest BCUT2D eigenvalue weighted by Crippen LogP contribution is 2.26. The van der Waals surface area contributed by atoms with Crippen molar-refractivity contribution in [3.63, 3.8) is 0 Å². The third-order valence-corrected chi connectivity index (χ3v) is 5.12. The number of carbonyl (C=O) groups excluding carboxylic acids is 2. The van der Waals surface area contributed by atoms with Gasteiger partial charge in [-0.25, -0.2) is 9.59 Å². The van der Waals surface area contributed by atoms with E-state index in [-0.39, 0.29) is 29.8 Å². The number of aliphatic hydroxyl groups excluding tert-OH is 1. The highest BCUT2D eigenvalue weighted by Gasteiger charge is 2.18. The van der Waals surface area contributed by atoms with E-state index in [4.69, 9.17) is 9.47 Å². The van der Waals surface area contributed by atoms with Crippen LogP contribution in [-0.4, -0.2) is 36.4 Å². The molecule has 1 heterocycles. The first kappa shape index (κ1) is 19.7. The molecule has 0 fully saturated rings. The smallest absolute Gasteiger partial charge is 0.339 e. The van der Waals surface area contributed by atoms with Gasteiger partial charge in [-0.2, -0.15) is 0 Å². The van der Waals surface area contributed by atoms with E-state index in [2.05, 4.69) is 6.58 Å². The standard InChI is InChI=1S/C21H18O6S/c1-12(2)20(24)26-10-13(22)11-27-21(25)15-7-5-9-17-18(15)19(23)14-6-3-4-8-16(14)28-17/h3-9,13,22H,1,10-11H2,2H3. The van der Waals surface area contributed by atoms with E-state index in [1.807, 2.05) is 12.1 Å². The van der Waals surface area contributed by atoms with E-state index in [1.165, 1.54) is 24.3 Å². The van der Waals surface area contributed by atoms with Crippen LogP contribution < -0.4 is 5.43 Å². The average molecular weight is 398 g/mol. The molecule has 0 radical (unpaired) electrons. The van der Waals surface area contributed by atoms with E-state index in [0.29, 0.717) is 15.5 Å². The van der Waals surface area contributed by atoms with Crippen LogP contribution in [0.25, 0.3) is 20.2 Å². The summed E-state index contributed by atoms with van der Waals surface area (Å²) in [7, 11) is 0. The van der Waals surface area contributed by atoms with E-state index < -0.39 is 18.0 Å². The Morgan fingerprint density at radius 3 is 2.50 bits per heavy atom. The lowest BCUT2D eigenvalue weighted by atomic mass is 10.1. The van der Waals surface area contributed by atoms with Gasteiger partial charge in [-0.1, -0.05) is 24.8 Å². The summed E-state index contributed by atoms with van der Waals surface area (Å²) in [5.41, 5.74) is 0.0971. The van der Waals surface area contributed by atoms with Gasteiger partial charge < -0.3 is 14.6 Å². The molecule has 3 rings (SSSR count). The van der Waals surface area contributed by atoms with Gasteiger partial charge in [-0.05, 0) is 31.2 Å². The molecule has 1 unspecified atom stereocenters. The van der Waals surface area contributed by atoms with E-state index in [9.17, 15) is 19.5 Å². The van der Waals surface area contributed by atoms with Crippen LogP contribution in [0.3, 0.4) is 0 Å². The normalized spacial score (nSPS) is 11.9. The van der Waals surface area contributed by atoms with Crippen molar-refractivity contribution in [2.45, 2.75) is 13.0 Å². The largest absolute Gasteiger partial charge is 0.459 e. The Morgan fingerprint density at radius 2 is 1.75 bits per heavy atom. The maximum Gasteiger partial charge on any atom is 0.339 e. The molecule has 0 spiro atoms. The van der Waals surface area contributed by atoms with E-state index in [0.717, 1.165) is 4.70 Å². The lowest BCUT2D eigenvalue weighted by molar-refractivity contribution is -0.142. The zero-order valence-electron chi connectivity index (χ0n) is 15.1. The third-order valence-electron chi connectivity index (χ3n) is 3.99. The number of aliphatic hydroxyl groups is 1. The van der Waals surface area contributed by atoms with Gasteiger partial charge in [-0.15, -0.1) is 11.3 Å². The van der Waals surface area contributed by atoms with Crippen LogP contribution in [0.15, 0.2) is 59.4 Å². The summed E-state index contributed by atoms with van der Waals surface area (Å²) in [6.45, 7) is 4.23. The molecule has 1 aromatic heterocycles. The first-order chi connectivity index (χ1) is 13.4. The fourth-order valence-corrected chi connectivity index (χ4v) is 3.72. The van der Waals surface area contributed by atoms with Gasteiger partial charge in [0, 0.05) is 20.4 Å². The molecule has 1 N–H and O–H groups in total. The Hall–Kier alpha value is -3.03. The summed E-state index contributed by atoms with van der Waals surface area (Å²) < 4.78 is 11.4. The summed E-state index contributed by atoms with van der Waals surface area (Å²) in [4.78, 5) is 36.7. The third kappa shape index (κ3) is 4.11. The lowest BCUT2D eigenvalue weighted by Crippen LogP contribution is -2.25. The summed E-state index contributed by atoms with van der Waals surface area (Å²) in [5.74, 6) is -1.36. The number of hydrogen-bond acceptors (Lipinski definition) is 7. The van der Waals surface area contributed by atoms with Crippen molar-refractivity contribution in [3.8, 4) is 0 Å². The highest BCUT2D eigenvalue weighted by molar-refractivity contribution is 7.24. The lowest BCUT2D eigenvalue weighted by Gasteiger charge is -2.12. The maximum absolute atomic E-state index is 12.9. The SMILES string of the molecule is C=C(C)C(=O)OCC(O)COC(=O)c1cccc2sc3ccccc3c(=O)c12. The molecule has 0 aliphatic carbocycles. The zero-order valence-corrected chi connectivity index (χ0v) is 16.0. The zero-order chi connectivity index (χ0) is 20.3. The number of benzene rings is 2. The molecule has 7 heteroatoms. The van der Waals surface area contributed by atoms with Crippen LogP contribution >= 0.6 is 11.3 Å². The van der Waals surface area contributed by atoms with Gasteiger partial charge in [-0.3, -0.25) is 4.79 Å². The first-order valence-electron chi connectivity index (χ1n) is 8.51. The Labute approximate surface area is 164 Å². The Bertz CT molecular complexity index is 1130. The highest BCUT2D eigenvalue weighted by atomic mass is 32.1. The van der Waals surface area contributed by atoms with Gasteiger partial charge >= 0.3 is 11.9 Å². The second kappa shape index (κ2) is 8.33. The Kier molecular flexibility index (Phi) is 5.87. The summed E-state index contributed by atoms with van der Waals surface area (Å²) >= 11 is 1.41. The van der Waals surface area contributed by atoms with Crippen molar-refractivity contribution in [1.82, 2.24) is 0 Å². The molecule has 6 nitrogen and oxygen atoms in total. The van der Waals surface area contributed by atoms with Crippen molar-refractivity contribution in [2.24, 2.45) is 0 Å². The summed E-state index contributed by atoms with van der Waals surface area (Å²) in [6, 6.07) is 12.2. The van der Waals surface area contributed by atoms with E-state index in [1.54, 1.807) is 24.3 Å². The van der Waals surface area contributed by atoms with Crippen LogP contribution in [0.4, 0.5) is 0 Å². The molecular weight excluding hydrogens is 380 g/mol. The van der Waals surface area contributed by atoms with Crippen molar-refractivity contribution >= 4 is 43.4 Å². The van der Waals surface area contributed by atoms with Crippen molar-refractivity contribution in [3.05, 3.63) is 70.4 Å². The minimum absolute atomic E-state index is 0.135. The van der Waals surface area contributed by atoms with Crippen molar-refractivity contribution in [2.75, 3.05) is 13.2 Å². The van der Waals surface area contributed by atoms with Gasteiger partial charge in [0.2, 0.25) is 0 Å². The van der Waals surface area contributed by atoms with Gasteiger partial charge in [0.1, 0.15) is 19.3 Å². The number of carbonyl (C=O) groups is 2. The summed E-state index contributed by atoms with van der Waals surface area (Å²) in [6.07, 6.45) is -1.18. The topological polar surface area (TPSA) is 89.9 Å². The fraction of sp³-hybridized carbons (Fsp3) is 0.190. The second-order valence-corrected chi connectivity index (χ2v) is 7.32. The molecule has 28 heavy (non-hydrogen) atoms. The minimum Gasteiger partial charge on any atom is -0.459 e. The molecule has 3 aromatic rings. The van der Waals surface area contributed by atoms with Crippen molar-refractivity contribution in [1.29, 1.82) is 0 Å². The number of hydrogen-bond donors (Lipinski definition) is 1. The quantitative estimate of drug-likeness (QED) is 0.390. The average Bonchev–Trinajstić information content (AvgIpc) is 2.69. The fourth-order valence-electron chi connectivity index (χ4n) is 2.61. The predicted molar refractivity (Wildman–Crippen MR) is 108 cm³/mol. The molecule has 0 saturated heterocycles. The summed E-state index contributed by atoms with van der Waals surface area (Å²) in [5, 5.41) is 10.7. The number of fused-ring (bicyclic) bond motifs is 2. The van der Waals surface area contributed by atoms with Crippen LogP contribution in [0.1, 0.15) is 17.3 Å². The predicted octanol–water partition coefficient (Wildman–Crippen LogP) is 3.05. The maximum atomic E-state index is 12.9. The number of esters is 2. The number of ether oxygens (including phenoxy) is 2. The van der Waals surface area contributed by atoms with Crippen LogP contribution in [-0.2, 0) is 14.3 Å². The number of rotatable bonds is 6. The van der Waals surface area contributed by atoms with Crippen LogP contribution in [0.5, 0.6) is 0 Å². The molecule has 0 amide bonds.